The highest BCUT2D eigenvalue weighted by Crippen LogP contribution is 2.42. The van der Waals surface area contributed by atoms with E-state index in [9.17, 15) is 8.78 Å². The first-order valence-electron chi connectivity index (χ1n) is 10.1. The van der Waals surface area contributed by atoms with E-state index in [1.165, 1.54) is 18.1 Å². The van der Waals surface area contributed by atoms with Crippen LogP contribution >= 0.6 is 0 Å². The fourth-order valence-electron chi connectivity index (χ4n) is 4.26. The van der Waals surface area contributed by atoms with Crippen LogP contribution in [0.1, 0.15) is 11.1 Å². The molecule has 1 unspecified atom stereocenters. The molecule has 2 aliphatic rings. The van der Waals surface area contributed by atoms with Gasteiger partial charge in [-0.3, -0.25) is 4.98 Å². The molecule has 0 aliphatic carbocycles. The second-order valence-electron chi connectivity index (χ2n) is 7.75. The van der Waals surface area contributed by atoms with E-state index in [-0.39, 0.29) is 17.5 Å². The van der Waals surface area contributed by atoms with Gasteiger partial charge in [-0.25, -0.2) is 14.1 Å². The maximum absolute atomic E-state index is 15.0. The highest BCUT2D eigenvalue weighted by Gasteiger charge is 2.60. The maximum Gasteiger partial charge on any atom is 0.389 e. The van der Waals surface area contributed by atoms with Crippen molar-refractivity contribution in [1.82, 2.24) is 14.6 Å². The largest absolute Gasteiger partial charge is 0.494 e. The van der Waals surface area contributed by atoms with Crippen molar-refractivity contribution in [2.24, 2.45) is 10.7 Å². The molecule has 0 saturated heterocycles. The van der Waals surface area contributed by atoms with Crippen LogP contribution in [0.15, 0.2) is 72.0 Å². The molecule has 2 aliphatic heterocycles. The van der Waals surface area contributed by atoms with Gasteiger partial charge in [0, 0.05) is 23.5 Å². The molecular weight excluding hydrogens is 431 g/mol. The number of alkyl halides is 2. The van der Waals surface area contributed by atoms with Crippen molar-refractivity contribution in [3.8, 4) is 16.9 Å². The van der Waals surface area contributed by atoms with E-state index in [1.54, 1.807) is 60.9 Å². The molecule has 166 valence electrons. The lowest BCUT2D eigenvalue weighted by molar-refractivity contribution is 0.0679. The number of aliphatic imine (C=N–C) groups is 1. The number of amidine groups is 1. The second kappa shape index (κ2) is 7.50. The second-order valence-corrected chi connectivity index (χ2v) is 7.75. The van der Waals surface area contributed by atoms with Gasteiger partial charge < -0.3 is 10.5 Å². The van der Waals surface area contributed by atoms with Crippen molar-refractivity contribution in [2.75, 3.05) is 13.7 Å². The molecule has 0 bridgehead atoms. The predicted molar refractivity (Wildman–Crippen MR) is 120 cm³/mol. The smallest absolute Gasteiger partial charge is 0.389 e. The summed E-state index contributed by atoms with van der Waals surface area (Å²) >= 11 is 0. The zero-order valence-corrected chi connectivity index (χ0v) is 17.5. The average molecular weight is 450 g/mol. The Hall–Kier alpha value is -4.10. The summed E-state index contributed by atoms with van der Waals surface area (Å²) in [6.07, 6.45) is 3.78. The minimum atomic E-state index is -3.15. The number of ether oxygens (including phenoxy) is 1. The Morgan fingerprint density at radius 2 is 1.82 bits per heavy atom. The molecule has 6 nitrogen and oxygen atoms in total. The SMILES string of the molecule is COc1cccc(-c2cccc(C3(c4ccncc4)N=C(N)N4CC(F)(F)C=[N+]=C43)c2)c1F. The van der Waals surface area contributed by atoms with Crippen molar-refractivity contribution >= 4 is 18.0 Å². The number of aromatic nitrogens is 1. The van der Waals surface area contributed by atoms with Crippen molar-refractivity contribution < 1.29 is 17.9 Å². The van der Waals surface area contributed by atoms with E-state index in [0.29, 0.717) is 28.5 Å². The van der Waals surface area contributed by atoms with Crippen LogP contribution in [0, 0.1) is 5.82 Å². The van der Waals surface area contributed by atoms with Crippen LogP contribution in [0.4, 0.5) is 13.2 Å². The highest BCUT2D eigenvalue weighted by atomic mass is 19.3. The normalized spacial score (nSPS) is 20.8. The zero-order chi connectivity index (χ0) is 23.2. The van der Waals surface area contributed by atoms with Gasteiger partial charge in [0.1, 0.15) is 0 Å². The van der Waals surface area contributed by atoms with Crippen molar-refractivity contribution in [2.45, 2.75) is 11.5 Å². The third-order valence-electron chi connectivity index (χ3n) is 5.76. The monoisotopic (exact) mass is 450 g/mol. The van der Waals surface area contributed by atoms with E-state index in [0.717, 1.165) is 0 Å². The van der Waals surface area contributed by atoms with Gasteiger partial charge in [0.15, 0.2) is 18.1 Å². The van der Waals surface area contributed by atoms with Gasteiger partial charge in [0.2, 0.25) is 11.8 Å². The van der Waals surface area contributed by atoms with Gasteiger partial charge in [-0.1, -0.05) is 30.3 Å². The molecule has 33 heavy (non-hydrogen) atoms. The number of methoxy groups -OCH3 is 1. The highest BCUT2D eigenvalue weighted by molar-refractivity contribution is 6.13. The lowest BCUT2D eigenvalue weighted by Gasteiger charge is -2.25. The van der Waals surface area contributed by atoms with Gasteiger partial charge in [-0.2, -0.15) is 13.7 Å². The van der Waals surface area contributed by atoms with Crippen LogP contribution in [-0.4, -0.2) is 47.5 Å². The zero-order valence-electron chi connectivity index (χ0n) is 17.5. The number of nitrogens with zero attached hydrogens (tertiary/aromatic N) is 4. The molecule has 9 heteroatoms. The van der Waals surface area contributed by atoms with E-state index in [4.69, 9.17) is 10.5 Å². The van der Waals surface area contributed by atoms with E-state index in [2.05, 4.69) is 14.6 Å². The average Bonchev–Trinajstić information content (AvgIpc) is 3.11. The Labute approximate surface area is 187 Å². The Morgan fingerprint density at radius 3 is 2.58 bits per heavy atom. The number of hydrogen-bond acceptors (Lipinski definition) is 5. The summed E-state index contributed by atoms with van der Waals surface area (Å²) in [5.41, 5.74) is 6.96. The van der Waals surface area contributed by atoms with Gasteiger partial charge in [0.25, 0.3) is 5.96 Å². The number of hydrogen-bond donors (Lipinski definition) is 1. The summed E-state index contributed by atoms with van der Waals surface area (Å²) in [6, 6.07) is 15.4. The van der Waals surface area contributed by atoms with Crippen LogP contribution in [0.25, 0.3) is 11.1 Å². The molecule has 1 atom stereocenters. The van der Waals surface area contributed by atoms with Crippen LogP contribution in [-0.2, 0) is 5.54 Å². The number of rotatable bonds is 4. The third kappa shape index (κ3) is 3.25. The van der Waals surface area contributed by atoms with Crippen LogP contribution in [0.2, 0.25) is 0 Å². The Bertz CT molecular complexity index is 1330. The number of nitrogens with two attached hydrogens (primary N) is 1. The molecule has 0 amide bonds. The molecule has 2 aromatic carbocycles. The predicted octanol–water partition coefficient (Wildman–Crippen LogP) is 2.96. The molecule has 0 spiro atoms. The van der Waals surface area contributed by atoms with Gasteiger partial charge >= 0.3 is 11.8 Å². The first kappa shape index (κ1) is 20.8. The van der Waals surface area contributed by atoms with Crippen molar-refractivity contribution in [1.29, 1.82) is 0 Å². The molecule has 0 fully saturated rings. The molecule has 3 aromatic rings. The van der Waals surface area contributed by atoms with Crippen molar-refractivity contribution in [3.63, 3.8) is 0 Å². The summed E-state index contributed by atoms with van der Waals surface area (Å²) in [5.74, 6) is -3.36. The minimum Gasteiger partial charge on any atom is -0.494 e. The topological polar surface area (TPSA) is 77.8 Å². The summed E-state index contributed by atoms with van der Waals surface area (Å²) in [6.45, 7) is -0.668. The molecule has 1 aromatic heterocycles. The molecule has 0 saturated carbocycles. The number of halogens is 3. The summed E-state index contributed by atoms with van der Waals surface area (Å²) in [7, 11) is 1.40. The molecule has 0 radical (unpaired) electrons. The van der Waals surface area contributed by atoms with Gasteiger partial charge in [0.05, 0.1) is 7.11 Å². The quantitative estimate of drug-likeness (QED) is 0.620. The van der Waals surface area contributed by atoms with E-state index in [1.807, 2.05) is 0 Å². The molecule has 3 heterocycles. The van der Waals surface area contributed by atoms with Crippen LogP contribution in [0.3, 0.4) is 0 Å². The van der Waals surface area contributed by atoms with E-state index >= 15 is 4.39 Å². The fraction of sp³-hybridized carbons (Fsp3) is 0.167. The van der Waals surface area contributed by atoms with Gasteiger partial charge in [-0.05, 0) is 35.4 Å². The lowest BCUT2D eigenvalue weighted by atomic mass is 9.81. The Balaban J connectivity index is 1.77. The summed E-state index contributed by atoms with van der Waals surface area (Å²) < 4.78 is 52.4. The Kier molecular flexibility index (Phi) is 4.72. The summed E-state index contributed by atoms with van der Waals surface area (Å²) in [5, 5.41) is 0. The molecule has 5 rings (SSSR count). The van der Waals surface area contributed by atoms with Gasteiger partial charge in [-0.15, -0.1) is 0 Å². The van der Waals surface area contributed by atoms with Crippen LogP contribution < -0.4 is 15.1 Å². The standard InChI is InChI=1S/C24H19F3N5O/c1-33-19-7-3-6-18(20(19)25)15-4-2-5-17(12-15)24(16-8-10-29-11-9-16)21-30-13-23(26,27)14-32(21)22(28)31-24/h2-13H,14H2,1H3,(H2,28,31)/q+1. The number of guanidine groups is 1. The Morgan fingerprint density at radius 1 is 1.06 bits per heavy atom. The third-order valence-corrected chi connectivity index (χ3v) is 5.76. The number of fused-ring (bicyclic) bond motifs is 1. The molecular formula is C24H19F3N5O+. The van der Waals surface area contributed by atoms with E-state index < -0.39 is 23.8 Å². The summed E-state index contributed by atoms with van der Waals surface area (Å²) in [4.78, 5) is 9.93. The first-order valence-corrected chi connectivity index (χ1v) is 10.1. The van der Waals surface area contributed by atoms with Crippen LogP contribution in [0.5, 0.6) is 5.75 Å². The number of pyridine rings is 1. The maximum atomic E-state index is 15.0. The lowest BCUT2D eigenvalue weighted by Crippen LogP contribution is -2.53. The number of benzene rings is 2. The van der Waals surface area contributed by atoms with Crippen molar-refractivity contribution in [3.05, 3.63) is 83.9 Å². The fourth-order valence-corrected chi connectivity index (χ4v) is 4.26. The molecule has 2 N–H and O–H groups in total. The minimum absolute atomic E-state index is 0.0729. The first-order chi connectivity index (χ1) is 15.9.